The molecule has 1 saturated heterocycles. The van der Waals surface area contributed by atoms with Crippen molar-refractivity contribution in [2.24, 2.45) is 5.41 Å². The van der Waals surface area contributed by atoms with Crippen molar-refractivity contribution in [3.05, 3.63) is 58.7 Å². The van der Waals surface area contributed by atoms with Gasteiger partial charge in [0.15, 0.2) is 11.5 Å². The third-order valence-corrected chi connectivity index (χ3v) is 9.99. The number of imidazole rings is 1. The molecule has 41 heavy (non-hydrogen) atoms. The Morgan fingerprint density at radius 3 is 2.51 bits per heavy atom. The lowest BCUT2D eigenvalue weighted by Crippen LogP contribution is -2.48. The fourth-order valence-electron chi connectivity index (χ4n) is 5.58. The Balaban J connectivity index is 1.61. The molecule has 2 aliphatic rings. The fraction of sp³-hybridized carbons (Fsp3) is 0.562. The van der Waals surface area contributed by atoms with Gasteiger partial charge in [-0.1, -0.05) is 57.8 Å². The second-order valence-corrected chi connectivity index (χ2v) is 19.4. The summed E-state index contributed by atoms with van der Waals surface area (Å²) in [6.45, 7) is 13.6. The van der Waals surface area contributed by atoms with Gasteiger partial charge in [-0.3, -0.25) is 4.79 Å². The minimum Gasteiger partial charge on any atom is -0.361 e. The Hall–Kier alpha value is -3.22. The number of ketones is 1. The first-order valence-corrected chi connectivity index (χ1v) is 18.3. The predicted octanol–water partition coefficient (Wildman–Crippen LogP) is 6.17. The molecule has 2 heterocycles. The normalized spacial score (nSPS) is 17.9. The summed E-state index contributed by atoms with van der Waals surface area (Å²) in [5.74, 6) is 0.323. The quantitative estimate of drug-likeness (QED) is 0.192. The van der Waals surface area contributed by atoms with E-state index in [0.29, 0.717) is 19.7 Å². The molecule has 0 unspecified atom stereocenters. The number of rotatable bonds is 10. The van der Waals surface area contributed by atoms with Crippen molar-refractivity contribution in [2.45, 2.75) is 77.9 Å². The standard InChI is InChI=1S/C32H45N5O3Si/c1-32(2)12-10-23(11-13-32)28-16-24(26-19-35(3)31(39)36(4)20-26)8-9-25(28)17-29(38)30-34-27(18-33)21-37(30)22-40-14-15-41(5,6)7/h8-10,16,21,26H,11-15,17,19-20,22H2,1-7H3. The third-order valence-electron chi connectivity index (χ3n) is 8.28. The van der Waals surface area contributed by atoms with Crippen molar-refractivity contribution < 1.29 is 14.3 Å². The Kier molecular flexibility index (Phi) is 9.24. The van der Waals surface area contributed by atoms with Crippen molar-refractivity contribution in [3.8, 4) is 6.07 Å². The Labute approximate surface area is 246 Å². The molecule has 0 radical (unpaired) electrons. The van der Waals surface area contributed by atoms with Crippen molar-refractivity contribution in [1.29, 1.82) is 5.26 Å². The van der Waals surface area contributed by atoms with Crippen molar-refractivity contribution in [3.63, 3.8) is 0 Å². The average molecular weight is 576 g/mol. The number of carbonyl (C=O) groups excluding carboxylic acids is 2. The number of allylic oxidation sites excluding steroid dienone is 2. The monoisotopic (exact) mass is 575 g/mol. The van der Waals surface area contributed by atoms with Crippen molar-refractivity contribution in [2.75, 3.05) is 33.8 Å². The molecule has 1 aliphatic carbocycles. The molecule has 9 heteroatoms. The second kappa shape index (κ2) is 12.3. The van der Waals surface area contributed by atoms with E-state index in [1.807, 2.05) is 14.1 Å². The van der Waals surface area contributed by atoms with Crippen LogP contribution < -0.4 is 0 Å². The molecule has 8 nitrogen and oxygen atoms in total. The minimum absolute atomic E-state index is 0.0395. The molecule has 0 bridgehead atoms. The summed E-state index contributed by atoms with van der Waals surface area (Å²) >= 11 is 0. The molecule has 0 N–H and O–H groups in total. The topological polar surface area (TPSA) is 91.5 Å². The van der Waals surface area contributed by atoms with Gasteiger partial charge < -0.3 is 19.1 Å². The lowest BCUT2D eigenvalue weighted by Gasteiger charge is -2.37. The number of nitriles is 1. The predicted molar refractivity (Wildman–Crippen MR) is 165 cm³/mol. The van der Waals surface area contributed by atoms with E-state index >= 15 is 0 Å². The summed E-state index contributed by atoms with van der Waals surface area (Å²) in [5, 5.41) is 9.48. The molecule has 2 aromatic rings. The number of likely N-dealkylation sites (N-methyl/N-ethyl adjacent to an activating group) is 2. The van der Waals surface area contributed by atoms with Crippen LogP contribution in [0.4, 0.5) is 4.79 Å². The van der Waals surface area contributed by atoms with E-state index in [9.17, 15) is 14.9 Å². The van der Waals surface area contributed by atoms with Crippen LogP contribution in [0.15, 0.2) is 30.5 Å². The zero-order valence-electron chi connectivity index (χ0n) is 25.8. The molecule has 1 aromatic heterocycles. The number of aromatic nitrogens is 2. The van der Waals surface area contributed by atoms with Crippen LogP contribution in [0.25, 0.3) is 5.57 Å². The molecular weight excluding hydrogens is 530 g/mol. The number of ether oxygens (including phenoxy) is 1. The number of carbonyl (C=O) groups is 2. The van der Waals surface area contributed by atoms with Gasteiger partial charge in [-0.15, -0.1) is 0 Å². The van der Waals surface area contributed by atoms with E-state index in [1.54, 1.807) is 20.6 Å². The van der Waals surface area contributed by atoms with Crippen LogP contribution in [0.3, 0.4) is 0 Å². The first-order chi connectivity index (χ1) is 19.3. The van der Waals surface area contributed by atoms with Gasteiger partial charge >= 0.3 is 6.03 Å². The Bertz CT molecular complexity index is 1350. The average Bonchev–Trinajstić information content (AvgIpc) is 3.33. The number of urea groups is 1. The molecule has 2 amide bonds. The van der Waals surface area contributed by atoms with E-state index in [0.717, 1.165) is 36.4 Å². The number of benzene rings is 1. The van der Waals surface area contributed by atoms with Crippen LogP contribution in [0, 0.1) is 16.7 Å². The fourth-order valence-corrected chi connectivity index (χ4v) is 6.34. The largest absolute Gasteiger partial charge is 0.361 e. The number of hydrogen-bond acceptors (Lipinski definition) is 5. The Morgan fingerprint density at radius 1 is 1.20 bits per heavy atom. The number of amides is 2. The summed E-state index contributed by atoms with van der Waals surface area (Å²) in [6, 6.07) is 9.55. The van der Waals surface area contributed by atoms with Gasteiger partial charge in [-0.25, -0.2) is 9.78 Å². The summed E-state index contributed by atoms with van der Waals surface area (Å²) in [4.78, 5) is 33.9. The molecular formula is C32H45N5O3Si. The summed E-state index contributed by atoms with van der Waals surface area (Å²) in [7, 11) is 2.45. The van der Waals surface area contributed by atoms with Gasteiger partial charge in [0, 0.05) is 60.4 Å². The highest BCUT2D eigenvalue weighted by atomic mass is 28.3. The SMILES string of the molecule is CN1CC(c2ccc(CC(=O)c3nc(C#N)cn3COCC[Si](C)(C)C)c(C3=CCC(C)(C)CC3)c2)CN(C)C1=O. The number of hydrogen-bond donors (Lipinski definition) is 0. The molecule has 0 spiro atoms. The number of Topliss-reactive ketones (excluding diaryl/α,β-unsaturated/α-hetero) is 1. The van der Waals surface area contributed by atoms with Gasteiger partial charge in [0.05, 0.1) is 0 Å². The maximum Gasteiger partial charge on any atom is 0.319 e. The minimum atomic E-state index is -1.24. The van der Waals surface area contributed by atoms with Gasteiger partial charge in [-0.05, 0) is 53.0 Å². The van der Waals surface area contributed by atoms with Crippen LogP contribution in [0.5, 0.6) is 0 Å². The number of nitrogens with zero attached hydrogens (tertiary/aromatic N) is 5. The maximum atomic E-state index is 13.7. The second-order valence-electron chi connectivity index (χ2n) is 13.7. The zero-order valence-corrected chi connectivity index (χ0v) is 26.8. The van der Waals surface area contributed by atoms with E-state index in [2.05, 4.69) is 68.8 Å². The summed E-state index contributed by atoms with van der Waals surface area (Å²) < 4.78 is 7.57. The zero-order chi connectivity index (χ0) is 29.9. The van der Waals surface area contributed by atoms with Gasteiger partial charge in [0.1, 0.15) is 12.8 Å². The Morgan fingerprint density at radius 2 is 1.90 bits per heavy atom. The van der Waals surface area contributed by atoms with E-state index in [1.165, 1.54) is 11.1 Å². The van der Waals surface area contributed by atoms with Gasteiger partial charge in [-0.2, -0.15) is 5.26 Å². The molecule has 1 aromatic carbocycles. The summed E-state index contributed by atoms with van der Waals surface area (Å²) in [6.07, 6.45) is 7.17. The van der Waals surface area contributed by atoms with Crippen LogP contribution in [0.2, 0.25) is 25.7 Å². The first-order valence-electron chi connectivity index (χ1n) is 14.6. The smallest absolute Gasteiger partial charge is 0.319 e. The van der Waals surface area contributed by atoms with Gasteiger partial charge in [0.25, 0.3) is 0 Å². The molecule has 4 rings (SSSR count). The summed E-state index contributed by atoms with van der Waals surface area (Å²) in [5.41, 5.74) is 5.01. The highest BCUT2D eigenvalue weighted by Crippen LogP contribution is 2.40. The molecule has 1 aliphatic heterocycles. The molecule has 0 atom stereocenters. The van der Waals surface area contributed by atoms with Crippen molar-refractivity contribution in [1.82, 2.24) is 19.4 Å². The maximum absolute atomic E-state index is 13.7. The van der Waals surface area contributed by atoms with E-state index in [-0.39, 0.29) is 47.8 Å². The third kappa shape index (κ3) is 7.75. The van der Waals surface area contributed by atoms with E-state index in [4.69, 9.17) is 4.74 Å². The highest BCUT2D eigenvalue weighted by molar-refractivity contribution is 6.76. The molecule has 1 fully saturated rings. The lowest BCUT2D eigenvalue weighted by atomic mass is 9.76. The van der Waals surface area contributed by atoms with Crippen LogP contribution in [0.1, 0.15) is 72.0 Å². The van der Waals surface area contributed by atoms with Crippen LogP contribution >= 0.6 is 0 Å². The van der Waals surface area contributed by atoms with Gasteiger partial charge in [0.2, 0.25) is 5.78 Å². The van der Waals surface area contributed by atoms with Crippen molar-refractivity contribution >= 4 is 25.5 Å². The first kappa shape index (κ1) is 30.7. The van der Waals surface area contributed by atoms with Crippen LogP contribution in [-0.2, 0) is 17.9 Å². The molecule has 0 saturated carbocycles. The van der Waals surface area contributed by atoms with Crippen LogP contribution in [-0.4, -0.2) is 73.0 Å². The lowest BCUT2D eigenvalue weighted by molar-refractivity contribution is 0.0799. The highest BCUT2D eigenvalue weighted by Gasteiger charge is 2.30. The van der Waals surface area contributed by atoms with E-state index < -0.39 is 8.07 Å². The molecule has 220 valence electrons.